The lowest BCUT2D eigenvalue weighted by molar-refractivity contribution is -0.332. The highest BCUT2D eigenvalue weighted by Gasteiger charge is 2.55. The Morgan fingerprint density at radius 3 is 1.25 bits per heavy atom. The SMILES string of the molecule is CCCN(CC(=O)N(CCC)CC(=O)N(CCC)CC(=O)N(CCC)CC(=O)N(CCCn1cc(CC(=O)NCC2OC(OC3C(N)CC(N)C(OC4OC(CO)C(O)C(N)C4O)C3O)C(O)C(O)C2O)nn1)CC(N)=O)C(=O)CNCCCn1cc(CCCC(=O)NCC2OC(OC3C(N)CC(N)C(OC4OC(CO)C(C)C(N)C4O)C3O)C(O)C(O)C2O)nn1. The lowest BCUT2D eigenvalue weighted by Crippen LogP contribution is -2.68. The van der Waals surface area contributed by atoms with Crippen LogP contribution in [0.15, 0.2) is 12.4 Å². The van der Waals surface area contributed by atoms with Crippen molar-refractivity contribution in [2.75, 3.05) is 105 Å². The van der Waals surface area contributed by atoms with E-state index in [0.29, 0.717) is 63.7 Å². The quantitative estimate of drug-likeness (QED) is 0.0274. The first-order chi connectivity index (χ1) is 60.4. The molecule has 0 aromatic carbocycles. The first kappa shape index (κ1) is 105. The molecule has 0 spiro atoms. The van der Waals surface area contributed by atoms with Gasteiger partial charge in [0.05, 0.1) is 82.4 Å². The molecule has 4 saturated heterocycles. The molecule has 8 rings (SSSR count). The van der Waals surface area contributed by atoms with Crippen molar-refractivity contribution >= 4 is 47.3 Å². The summed E-state index contributed by atoms with van der Waals surface area (Å²) < 4.78 is 49.5. The van der Waals surface area contributed by atoms with Crippen LogP contribution in [0.25, 0.3) is 0 Å². The van der Waals surface area contributed by atoms with E-state index in [1.807, 2.05) is 13.8 Å². The van der Waals surface area contributed by atoms with Crippen LogP contribution < -0.4 is 56.1 Å². The average Bonchev–Trinajstić information content (AvgIpc) is 1.18. The van der Waals surface area contributed by atoms with Crippen molar-refractivity contribution in [2.45, 2.75) is 302 Å². The number of ether oxygens (including phenoxy) is 8. The van der Waals surface area contributed by atoms with Gasteiger partial charge < -0.3 is 185 Å². The van der Waals surface area contributed by atoms with Crippen LogP contribution >= 0.6 is 0 Å². The zero-order valence-electron chi connectivity index (χ0n) is 72.5. The van der Waals surface area contributed by atoms with E-state index >= 15 is 0 Å². The van der Waals surface area contributed by atoms with E-state index in [-0.39, 0.29) is 103 Å². The predicted molar refractivity (Wildman–Crippen MR) is 439 cm³/mol. The van der Waals surface area contributed by atoms with Gasteiger partial charge in [-0.05, 0) is 70.8 Å². The lowest BCUT2D eigenvalue weighted by Gasteiger charge is -2.48. The van der Waals surface area contributed by atoms with Gasteiger partial charge in [0, 0.05) is 114 Å². The van der Waals surface area contributed by atoms with Crippen LogP contribution in [0.5, 0.6) is 0 Å². The maximum absolute atomic E-state index is 14.2. The summed E-state index contributed by atoms with van der Waals surface area (Å²) in [5.74, 6) is -4.96. The Kier molecular flexibility index (Phi) is 41.9. The highest BCUT2D eigenvalue weighted by Crippen LogP contribution is 2.35. The average molecular weight is 1820 g/mol. The third kappa shape index (κ3) is 29.0. The van der Waals surface area contributed by atoms with Crippen LogP contribution in [0.1, 0.15) is 110 Å². The van der Waals surface area contributed by atoms with Crippen LogP contribution in [-0.4, -0.2) is 450 Å². The molecule has 30 N–H and O–H groups in total. The zero-order chi connectivity index (χ0) is 93.4. The van der Waals surface area contributed by atoms with Crippen LogP contribution in [0, 0.1) is 5.92 Å². The van der Waals surface area contributed by atoms with E-state index in [4.69, 9.17) is 78.0 Å². The number of aliphatic hydroxyl groups is 13. The molecule has 30 unspecified atom stereocenters. The molecule has 30 atom stereocenters. The third-order valence-corrected chi connectivity index (χ3v) is 23.5. The Hall–Kier alpha value is -7.08. The Morgan fingerprint density at radius 1 is 0.441 bits per heavy atom. The van der Waals surface area contributed by atoms with Gasteiger partial charge in [0.1, 0.15) is 110 Å². The minimum absolute atomic E-state index is 0.0132. The number of aryl methyl sites for hydroxylation is 3. The number of nitrogens with zero attached hydrogens (tertiary/aromatic N) is 11. The van der Waals surface area contributed by atoms with Crippen LogP contribution in [0.2, 0.25) is 0 Å². The van der Waals surface area contributed by atoms with Crippen molar-refractivity contribution in [3.63, 3.8) is 0 Å². The maximum atomic E-state index is 14.2. The van der Waals surface area contributed by atoms with E-state index in [1.165, 1.54) is 35.4 Å². The van der Waals surface area contributed by atoms with Gasteiger partial charge in [-0.25, -0.2) is 0 Å². The summed E-state index contributed by atoms with van der Waals surface area (Å²) in [5.41, 5.74) is 43.8. The second kappa shape index (κ2) is 50.5. The zero-order valence-corrected chi connectivity index (χ0v) is 72.5. The standard InChI is InChI=1S/C77H137N21O29/c1-6-16-92(52(104)28-85-15-11-21-97-29-39(88-90-97)13-10-14-50(102)86-26-45-60(110)64(114)66(116)76(120-45)126-72-43(80)24-41(78)70(68(72)118)124-74-62(112)57(83)38(5)47(36-99)122-74)32-53(105)93(17-7-2)33-54(106)94(18-8-3)34-55(107)95(19-9-4)35-56(108)96(31-49(82)101)20-12-22-98-30-40(89-91-98)23-51(103)87-27-46-61(111)65(115)67(117)77(121-46)127-73-44(81)25-42(79)71(69(73)119)125-75-63(113)58(84)59(109)48(37-100)123-75/h29-30,38,41-48,57-77,85,99-100,109-119H,6-28,31-37,78-81,83-84H2,1-5H3,(H2,82,101)(H,86,102)(H,87,103). The first-order valence-electron chi connectivity index (χ1n) is 43.5. The second-order valence-corrected chi connectivity index (χ2v) is 33.5. The van der Waals surface area contributed by atoms with Crippen molar-refractivity contribution in [3.8, 4) is 0 Å². The normalized spacial score (nSPS) is 33.4. The van der Waals surface area contributed by atoms with Crippen molar-refractivity contribution in [3.05, 3.63) is 23.8 Å². The molecule has 127 heavy (non-hydrogen) atoms. The smallest absolute Gasteiger partial charge is 0.242 e. The molecule has 724 valence electrons. The number of aliphatic hydroxyl groups excluding tert-OH is 13. The molecule has 2 aromatic heterocycles. The fourth-order valence-electron chi connectivity index (χ4n) is 16.1. The van der Waals surface area contributed by atoms with Crippen molar-refractivity contribution in [1.82, 2.24) is 70.4 Å². The molecule has 2 aliphatic carbocycles. The molecule has 0 bridgehead atoms. The Labute approximate surface area is 734 Å². The van der Waals surface area contributed by atoms with Crippen molar-refractivity contribution < 1.29 is 143 Å². The number of hydrogen-bond acceptors (Lipinski definition) is 40. The Bertz CT molecular complexity index is 3760. The van der Waals surface area contributed by atoms with Crippen LogP contribution in [0.3, 0.4) is 0 Å². The van der Waals surface area contributed by atoms with Gasteiger partial charge in [0.25, 0.3) is 0 Å². The minimum atomic E-state index is -1.91. The molecule has 2 aromatic rings. The lowest BCUT2D eigenvalue weighted by atomic mass is 9.84. The monoisotopic (exact) mass is 1820 g/mol. The molecular formula is C77H137N21O29. The Balaban J connectivity index is 0.726. The maximum Gasteiger partial charge on any atom is 0.242 e. The van der Waals surface area contributed by atoms with Gasteiger partial charge in [0.15, 0.2) is 25.2 Å². The number of carbonyl (C=O) groups is 8. The number of nitrogens with one attached hydrogen (secondary N) is 3. The van der Waals surface area contributed by atoms with Crippen molar-refractivity contribution in [1.29, 1.82) is 0 Å². The van der Waals surface area contributed by atoms with Gasteiger partial charge >= 0.3 is 0 Å². The van der Waals surface area contributed by atoms with Gasteiger partial charge in [-0.2, -0.15) is 0 Å². The summed E-state index contributed by atoms with van der Waals surface area (Å²) >= 11 is 0. The highest BCUT2D eigenvalue weighted by atomic mass is 16.7. The van der Waals surface area contributed by atoms with E-state index in [2.05, 4.69) is 36.6 Å². The molecule has 8 amide bonds. The largest absolute Gasteiger partial charge is 0.394 e. The molecular weight excluding hydrogens is 1680 g/mol. The molecule has 0 radical (unpaired) electrons. The third-order valence-electron chi connectivity index (χ3n) is 23.5. The summed E-state index contributed by atoms with van der Waals surface area (Å²) in [6, 6.07) is -6.02. The predicted octanol–water partition coefficient (Wildman–Crippen LogP) is -13.9. The molecule has 6 heterocycles. The topological polar surface area (TPSA) is 769 Å². The summed E-state index contributed by atoms with van der Waals surface area (Å²) in [6.07, 6.45) is -29.1. The Morgan fingerprint density at radius 2 is 0.819 bits per heavy atom. The van der Waals surface area contributed by atoms with Gasteiger partial charge in [0.2, 0.25) is 47.3 Å². The second-order valence-electron chi connectivity index (χ2n) is 33.5. The van der Waals surface area contributed by atoms with E-state index in [1.54, 1.807) is 31.6 Å². The summed E-state index contributed by atoms with van der Waals surface area (Å²) in [5, 5.41) is 164. The van der Waals surface area contributed by atoms with Gasteiger partial charge in [-0.1, -0.05) is 45.0 Å². The van der Waals surface area contributed by atoms with Crippen LogP contribution in [0.4, 0.5) is 0 Å². The summed E-state index contributed by atoms with van der Waals surface area (Å²) in [7, 11) is 0. The molecule has 2 saturated carbocycles. The number of rotatable bonds is 48. The van der Waals surface area contributed by atoms with E-state index in [9.17, 15) is 105 Å². The van der Waals surface area contributed by atoms with E-state index in [0.717, 1.165) is 0 Å². The molecule has 50 heteroatoms. The number of primary amides is 1. The summed E-state index contributed by atoms with van der Waals surface area (Å²) in [6.45, 7) is 6.26. The number of carbonyl (C=O) groups excluding carboxylic acids is 8. The fraction of sp³-hybridized carbons (Fsp3) is 0.844. The molecule has 50 nitrogen and oxygen atoms in total. The number of hydrogen-bond donors (Lipinski definition) is 23. The number of aromatic nitrogens is 6. The first-order valence-corrected chi connectivity index (χ1v) is 43.5. The van der Waals surface area contributed by atoms with Crippen molar-refractivity contribution in [2.24, 2.45) is 46.1 Å². The molecule has 6 fully saturated rings. The van der Waals surface area contributed by atoms with Crippen LogP contribution in [-0.2, 0) is 102 Å². The fourth-order valence-corrected chi connectivity index (χ4v) is 16.1. The summed E-state index contributed by atoms with van der Waals surface area (Å²) in [4.78, 5) is 115. The number of amides is 8. The van der Waals surface area contributed by atoms with Gasteiger partial charge in [-0.15, -0.1) is 10.2 Å². The van der Waals surface area contributed by atoms with Gasteiger partial charge in [-0.3, -0.25) is 47.7 Å². The van der Waals surface area contributed by atoms with E-state index < -0.39 is 271 Å². The molecule has 6 aliphatic rings. The molecule has 4 aliphatic heterocycles. The number of nitrogens with two attached hydrogens (primary N) is 7. The minimum Gasteiger partial charge on any atom is -0.394 e. The highest BCUT2D eigenvalue weighted by molar-refractivity contribution is 5.92.